The summed E-state index contributed by atoms with van der Waals surface area (Å²) < 4.78 is 16.0. The molecule has 0 spiro atoms. The Labute approximate surface area is 119 Å². The molecular formula is C12H16N2O7. The number of hydrogen-bond donors (Lipinski definition) is 2. The number of hydrogen-bond acceptors (Lipinski definition) is 7. The van der Waals surface area contributed by atoms with Crippen molar-refractivity contribution < 1.29 is 24.1 Å². The van der Waals surface area contributed by atoms with Gasteiger partial charge < -0.3 is 19.3 Å². The Morgan fingerprint density at radius 3 is 2.90 bits per heavy atom. The number of carbonyl (C=O) groups is 1. The van der Waals surface area contributed by atoms with Crippen LogP contribution in [0.4, 0.5) is 4.79 Å². The van der Waals surface area contributed by atoms with Crippen molar-refractivity contribution in [2.45, 2.75) is 31.8 Å². The lowest BCUT2D eigenvalue weighted by atomic mass is 10.2. The molecule has 1 aliphatic heterocycles. The molecule has 2 heterocycles. The van der Waals surface area contributed by atoms with Gasteiger partial charge in [0.05, 0.1) is 13.7 Å². The summed E-state index contributed by atoms with van der Waals surface area (Å²) in [5.41, 5.74) is -0.766. The molecule has 0 bridgehead atoms. The molecule has 0 unspecified atom stereocenters. The predicted molar refractivity (Wildman–Crippen MR) is 69.0 cm³/mol. The standard InChI is InChI=1S/C12H16N2O7/c1-6-4-14(11(17)13-10(6)16)9-3-7(8(5-15)20-9)21-12(18)19-2/h4,7-9,15H,3,5H2,1-2H3,(H,13,16,17)/t7-,8+,9+/m0/s1. The topological polar surface area (TPSA) is 120 Å². The van der Waals surface area contributed by atoms with E-state index in [1.165, 1.54) is 17.9 Å². The summed E-state index contributed by atoms with van der Waals surface area (Å²) >= 11 is 0. The second kappa shape index (κ2) is 6.10. The second-order valence-electron chi connectivity index (χ2n) is 4.64. The summed E-state index contributed by atoms with van der Waals surface area (Å²) in [5.74, 6) is 0. The smallest absolute Gasteiger partial charge is 0.438 e. The predicted octanol–water partition coefficient (Wildman–Crippen LogP) is -0.724. The fourth-order valence-electron chi connectivity index (χ4n) is 2.13. The molecule has 1 saturated heterocycles. The minimum Gasteiger partial charge on any atom is -0.438 e. The largest absolute Gasteiger partial charge is 0.508 e. The number of aryl methyl sites for hydroxylation is 1. The number of nitrogens with zero attached hydrogens (tertiary/aromatic N) is 1. The molecule has 2 rings (SSSR count). The number of aliphatic hydroxyl groups excluding tert-OH is 1. The van der Waals surface area contributed by atoms with Crippen LogP contribution >= 0.6 is 0 Å². The SMILES string of the molecule is COC(=O)O[C@H]1C[C@H](n2cc(C)c(=O)[nH]c2=O)O[C@@H]1CO. The number of carbonyl (C=O) groups excluding carboxylic acids is 1. The lowest BCUT2D eigenvalue weighted by molar-refractivity contribution is -0.0555. The summed E-state index contributed by atoms with van der Waals surface area (Å²) in [7, 11) is 1.17. The number of aromatic nitrogens is 2. The zero-order valence-corrected chi connectivity index (χ0v) is 11.6. The minimum absolute atomic E-state index is 0.158. The Morgan fingerprint density at radius 2 is 2.29 bits per heavy atom. The Kier molecular flexibility index (Phi) is 4.43. The van der Waals surface area contributed by atoms with Crippen molar-refractivity contribution in [1.82, 2.24) is 9.55 Å². The van der Waals surface area contributed by atoms with E-state index in [-0.39, 0.29) is 13.0 Å². The van der Waals surface area contributed by atoms with Gasteiger partial charge in [0.2, 0.25) is 0 Å². The summed E-state index contributed by atoms with van der Waals surface area (Å²) in [6.45, 7) is 1.17. The van der Waals surface area contributed by atoms with Gasteiger partial charge in [0.1, 0.15) is 18.4 Å². The van der Waals surface area contributed by atoms with Crippen molar-refractivity contribution in [2.75, 3.05) is 13.7 Å². The molecule has 21 heavy (non-hydrogen) atoms. The Balaban J connectivity index is 2.23. The van der Waals surface area contributed by atoms with Crippen molar-refractivity contribution in [3.63, 3.8) is 0 Å². The zero-order valence-electron chi connectivity index (χ0n) is 11.6. The van der Waals surface area contributed by atoms with Crippen LogP contribution < -0.4 is 11.2 Å². The van der Waals surface area contributed by atoms with Gasteiger partial charge >= 0.3 is 11.8 Å². The van der Waals surface area contributed by atoms with Gasteiger partial charge in [-0.25, -0.2) is 9.59 Å². The third-order valence-corrected chi connectivity index (χ3v) is 3.23. The fourth-order valence-corrected chi connectivity index (χ4v) is 2.13. The van der Waals surface area contributed by atoms with Crippen LogP contribution in [-0.2, 0) is 14.2 Å². The summed E-state index contributed by atoms with van der Waals surface area (Å²) in [5, 5.41) is 9.25. The van der Waals surface area contributed by atoms with Crippen LogP contribution in [0.25, 0.3) is 0 Å². The molecule has 116 valence electrons. The zero-order chi connectivity index (χ0) is 15.6. The van der Waals surface area contributed by atoms with Crippen LogP contribution in [0.3, 0.4) is 0 Å². The highest BCUT2D eigenvalue weighted by Crippen LogP contribution is 2.29. The van der Waals surface area contributed by atoms with E-state index in [9.17, 15) is 19.5 Å². The van der Waals surface area contributed by atoms with E-state index in [1.54, 1.807) is 6.92 Å². The van der Waals surface area contributed by atoms with Crippen molar-refractivity contribution in [2.24, 2.45) is 0 Å². The van der Waals surface area contributed by atoms with Gasteiger partial charge in [0, 0.05) is 18.2 Å². The Morgan fingerprint density at radius 1 is 1.57 bits per heavy atom. The molecule has 0 aromatic carbocycles. The van der Waals surface area contributed by atoms with Gasteiger partial charge in [-0.05, 0) is 6.92 Å². The molecule has 0 saturated carbocycles. The van der Waals surface area contributed by atoms with Gasteiger partial charge in [0.15, 0.2) is 0 Å². The normalized spacial score (nSPS) is 24.8. The van der Waals surface area contributed by atoms with E-state index in [0.29, 0.717) is 5.56 Å². The van der Waals surface area contributed by atoms with E-state index in [0.717, 1.165) is 0 Å². The molecule has 9 heteroatoms. The number of aliphatic hydroxyl groups is 1. The third-order valence-electron chi connectivity index (χ3n) is 3.23. The molecule has 1 aromatic heterocycles. The first-order valence-electron chi connectivity index (χ1n) is 6.29. The van der Waals surface area contributed by atoms with Crippen LogP contribution in [0.1, 0.15) is 18.2 Å². The van der Waals surface area contributed by atoms with Gasteiger partial charge in [-0.1, -0.05) is 0 Å². The highest BCUT2D eigenvalue weighted by molar-refractivity contribution is 5.59. The quantitative estimate of drug-likeness (QED) is 0.706. The maximum atomic E-state index is 11.8. The first kappa shape index (κ1) is 15.3. The molecule has 1 fully saturated rings. The third kappa shape index (κ3) is 3.14. The molecule has 1 aliphatic rings. The lowest BCUT2D eigenvalue weighted by Crippen LogP contribution is -2.33. The van der Waals surface area contributed by atoms with E-state index in [4.69, 9.17) is 9.47 Å². The number of aromatic amines is 1. The van der Waals surface area contributed by atoms with Crippen molar-refractivity contribution in [3.05, 3.63) is 32.6 Å². The summed E-state index contributed by atoms with van der Waals surface area (Å²) in [4.78, 5) is 36.4. The number of ether oxygens (including phenoxy) is 3. The molecule has 0 radical (unpaired) electrons. The van der Waals surface area contributed by atoms with Crippen molar-refractivity contribution in [3.8, 4) is 0 Å². The monoisotopic (exact) mass is 300 g/mol. The molecule has 3 atom stereocenters. The van der Waals surface area contributed by atoms with E-state index < -0.39 is 35.8 Å². The van der Waals surface area contributed by atoms with Crippen LogP contribution in [-0.4, -0.2) is 46.7 Å². The molecule has 0 aliphatic carbocycles. The van der Waals surface area contributed by atoms with E-state index in [1.807, 2.05) is 0 Å². The van der Waals surface area contributed by atoms with Gasteiger partial charge in [-0.15, -0.1) is 0 Å². The van der Waals surface area contributed by atoms with Gasteiger partial charge in [-0.2, -0.15) is 0 Å². The number of nitrogens with one attached hydrogen (secondary N) is 1. The van der Waals surface area contributed by atoms with Crippen LogP contribution in [0, 0.1) is 6.92 Å². The summed E-state index contributed by atoms with van der Waals surface area (Å²) in [6.07, 6.45) is -1.64. The minimum atomic E-state index is -0.896. The molecular weight excluding hydrogens is 284 g/mol. The van der Waals surface area contributed by atoms with Crippen molar-refractivity contribution >= 4 is 6.16 Å². The lowest BCUT2D eigenvalue weighted by Gasteiger charge is -2.15. The second-order valence-corrected chi connectivity index (χ2v) is 4.64. The molecule has 2 N–H and O–H groups in total. The number of rotatable bonds is 3. The maximum absolute atomic E-state index is 11.8. The Bertz CT molecular complexity index is 635. The van der Waals surface area contributed by atoms with Crippen LogP contribution in [0.2, 0.25) is 0 Å². The highest BCUT2D eigenvalue weighted by Gasteiger charge is 2.39. The number of H-pyrrole nitrogens is 1. The molecule has 0 amide bonds. The van der Waals surface area contributed by atoms with Gasteiger partial charge in [-0.3, -0.25) is 14.3 Å². The van der Waals surface area contributed by atoms with E-state index >= 15 is 0 Å². The van der Waals surface area contributed by atoms with E-state index in [2.05, 4.69) is 9.72 Å². The highest BCUT2D eigenvalue weighted by atomic mass is 16.7. The van der Waals surface area contributed by atoms with Crippen LogP contribution in [0.5, 0.6) is 0 Å². The Hall–Kier alpha value is -2.13. The first-order valence-corrected chi connectivity index (χ1v) is 6.29. The average Bonchev–Trinajstić information content (AvgIpc) is 2.85. The first-order chi connectivity index (χ1) is 9.96. The fraction of sp³-hybridized carbons (Fsp3) is 0.583. The maximum Gasteiger partial charge on any atom is 0.508 e. The summed E-state index contributed by atoms with van der Waals surface area (Å²) in [6, 6.07) is 0. The molecule has 1 aromatic rings. The van der Waals surface area contributed by atoms with Crippen LogP contribution in [0.15, 0.2) is 15.8 Å². The number of methoxy groups -OCH3 is 1. The molecule has 9 nitrogen and oxygen atoms in total. The van der Waals surface area contributed by atoms with Crippen molar-refractivity contribution in [1.29, 1.82) is 0 Å². The average molecular weight is 300 g/mol. The van der Waals surface area contributed by atoms with Gasteiger partial charge in [0.25, 0.3) is 5.56 Å².